The summed E-state index contributed by atoms with van der Waals surface area (Å²) in [7, 11) is 1.80. The molecule has 24 heavy (non-hydrogen) atoms. The van der Waals surface area contributed by atoms with Gasteiger partial charge in [-0.1, -0.05) is 18.2 Å². The number of aromatic nitrogens is 1. The van der Waals surface area contributed by atoms with Crippen molar-refractivity contribution in [1.82, 2.24) is 14.8 Å². The highest BCUT2D eigenvalue weighted by Crippen LogP contribution is 2.23. The van der Waals surface area contributed by atoms with Crippen molar-refractivity contribution < 1.29 is 4.79 Å². The number of para-hydroxylation sites is 1. The van der Waals surface area contributed by atoms with E-state index in [1.807, 2.05) is 25.1 Å². The zero-order chi connectivity index (χ0) is 17.1. The van der Waals surface area contributed by atoms with Crippen LogP contribution in [0.4, 0.5) is 0 Å². The van der Waals surface area contributed by atoms with Gasteiger partial charge in [0.2, 0.25) is 5.91 Å². The van der Waals surface area contributed by atoms with E-state index in [9.17, 15) is 4.79 Å². The van der Waals surface area contributed by atoms with Gasteiger partial charge in [0.25, 0.3) is 0 Å². The number of rotatable bonds is 4. The summed E-state index contributed by atoms with van der Waals surface area (Å²) in [5.74, 6) is 0.438. The maximum absolute atomic E-state index is 12.3. The van der Waals surface area contributed by atoms with Gasteiger partial charge in [0, 0.05) is 48.7 Å². The molecule has 124 valence electrons. The monoisotopic (exact) mass is 323 g/mol. The molecule has 1 aliphatic heterocycles. The number of amides is 1. The average molecular weight is 323 g/mol. The molecule has 0 aliphatic carbocycles. The maximum Gasteiger partial charge on any atom is 0.248 e. The number of amidine groups is 1. The zero-order valence-corrected chi connectivity index (χ0v) is 13.9. The number of benzene rings is 1. The summed E-state index contributed by atoms with van der Waals surface area (Å²) in [6, 6.07) is 8.13. The van der Waals surface area contributed by atoms with Crippen molar-refractivity contribution >= 4 is 22.6 Å². The lowest BCUT2D eigenvalue weighted by Gasteiger charge is -2.18. The van der Waals surface area contributed by atoms with Crippen LogP contribution in [0.5, 0.6) is 0 Å². The Labute approximate surface area is 141 Å². The molecule has 0 spiro atoms. The summed E-state index contributed by atoms with van der Waals surface area (Å²) in [5.41, 5.74) is 8.89. The lowest BCUT2D eigenvalue weighted by molar-refractivity contribution is -0.125. The van der Waals surface area contributed by atoms with Crippen LogP contribution < -0.4 is 5.73 Å². The minimum atomic E-state index is -0.0596. The average Bonchev–Trinajstić information content (AvgIpc) is 2.90. The number of H-pyrrole nitrogens is 1. The van der Waals surface area contributed by atoms with Gasteiger partial charge < -0.3 is 20.5 Å². The van der Waals surface area contributed by atoms with Crippen molar-refractivity contribution in [3.05, 3.63) is 60.1 Å². The number of nitrogens with zero attached hydrogens (tertiary/aromatic N) is 3. The summed E-state index contributed by atoms with van der Waals surface area (Å²) in [6.07, 6.45) is 6.77. The predicted octanol–water partition coefficient (Wildman–Crippen LogP) is 2.09. The van der Waals surface area contributed by atoms with Crippen LogP contribution in [0.15, 0.2) is 53.8 Å². The molecule has 1 aromatic carbocycles. The molecule has 0 fully saturated rings. The van der Waals surface area contributed by atoms with Crippen molar-refractivity contribution in [2.24, 2.45) is 10.7 Å². The number of nitrogens with two attached hydrogens (primary N) is 1. The highest BCUT2D eigenvalue weighted by atomic mass is 16.2. The quantitative estimate of drug-likeness (QED) is 0.846. The summed E-state index contributed by atoms with van der Waals surface area (Å²) in [5, 5.41) is 1.16. The Hall–Kier alpha value is -3.02. The molecule has 1 aliphatic rings. The van der Waals surface area contributed by atoms with Gasteiger partial charge in [0.1, 0.15) is 12.5 Å². The predicted molar refractivity (Wildman–Crippen MR) is 96.1 cm³/mol. The van der Waals surface area contributed by atoms with Crippen molar-refractivity contribution in [3.63, 3.8) is 0 Å². The van der Waals surface area contributed by atoms with Gasteiger partial charge >= 0.3 is 0 Å². The largest absolute Gasteiger partial charge is 0.384 e. The number of aliphatic imine (C=N–C) groups is 1. The van der Waals surface area contributed by atoms with Gasteiger partial charge in [0.05, 0.1) is 0 Å². The van der Waals surface area contributed by atoms with E-state index in [4.69, 9.17) is 5.73 Å². The van der Waals surface area contributed by atoms with Gasteiger partial charge in [-0.05, 0) is 24.6 Å². The number of fused-ring (bicyclic) bond motifs is 1. The molecule has 2 heterocycles. The first-order valence-electron chi connectivity index (χ1n) is 7.78. The minimum Gasteiger partial charge on any atom is -0.384 e. The normalized spacial score (nSPS) is 14.4. The Morgan fingerprint density at radius 2 is 2.25 bits per heavy atom. The molecule has 2 aromatic rings. The van der Waals surface area contributed by atoms with E-state index in [2.05, 4.69) is 16.0 Å². The van der Waals surface area contributed by atoms with Crippen molar-refractivity contribution in [2.75, 3.05) is 13.7 Å². The van der Waals surface area contributed by atoms with E-state index >= 15 is 0 Å². The number of carbonyl (C=O) groups excluding carboxylic acids is 1. The zero-order valence-electron chi connectivity index (χ0n) is 13.9. The third-order valence-corrected chi connectivity index (χ3v) is 4.06. The molecule has 0 saturated carbocycles. The Morgan fingerprint density at radius 1 is 1.46 bits per heavy atom. The SMILES string of the molecule is Cc1[nH]c2ccccc2c1CN(C)C(=O)/C=C/N1C=CC(N)=NC1. The van der Waals surface area contributed by atoms with E-state index < -0.39 is 0 Å². The standard InChI is InChI=1S/C18H21N5O/c1-13-15(14-5-3-4-6-16(14)21-13)11-22(2)18(24)8-10-23-9-7-17(19)20-12-23/h3-10,21H,11-12H2,1-2H3,(H2,19,20)/b10-8+. The molecule has 1 aromatic heterocycles. The van der Waals surface area contributed by atoms with E-state index in [-0.39, 0.29) is 5.91 Å². The summed E-state index contributed by atoms with van der Waals surface area (Å²) >= 11 is 0. The summed E-state index contributed by atoms with van der Waals surface area (Å²) in [6.45, 7) is 3.02. The Bertz CT molecular complexity index is 846. The number of aryl methyl sites for hydroxylation is 1. The molecule has 0 saturated heterocycles. The van der Waals surface area contributed by atoms with Crippen molar-refractivity contribution in [3.8, 4) is 0 Å². The van der Waals surface area contributed by atoms with E-state index in [1.165, 1.54) is 0 Å². The van der Waals surface area contributed by atoms with Crippen LogP contribution in [0.25, 0.3) is 10.9 Å². The Balaban J connectivity index is 1.68. The van der Waals surface area contributed by atoms with E-state index in [0.717, 1.165) is 22.2 Å². The van der Waals surface area contributed by atoms with Crippen LogP contribution in [-0.4, -0.2) is 40.2 Å². The maximum atomic E-state index is 12.3. The van der Waals surface area contributed by atoms with Crippen LogP contribution in [0.2, 0.25) is 0 Å². The molecule has 0 atom stereocenters. The number of nitrogens with one attached hydrogen (secondary N) is 1. The second kappa shape index (κ2) is 6.62. The fourth-order valence-electron chi connectivity index (χ4n) is 2.67. The smallest absolute Gasteiger partial charge is 0.248 e. The first kappa shape index (κ1) is 15.9. The fraction of sp³-hybridized carbons (Fsp3) is 0.222. The number of hydrogen-bond acceptors (Lipinski definition) is 4. The molecule has 3 rings (SSSR count). The highest BCUT2D eigenvalue weighted by molar-refractivity contribution is 5.92. The molecule has 0 bridgehead atoms. The number of hydrogen-bond donors (Lipinski definition) is 2. The van der Waals surface area contributed by atoms with Crippen LogP contribution in [0, 0.1) is 6.92 Å². The molecule has 3 N–H and O–H groups in total. The van der Waals surface area contributed by atoms with Crippen LogP contribution in [0.3, 0.4) is 0 Å². The molecule has 6 heteroatoms. The van der Waals surface area contributed by atoms with Gasteiger partial charge in [-0.15, -0.1) is 0 Å². The molecular formula is C18H21N5O. The summed E-state index contributed by atoms with van der Waals surface area (Å²) in [4.78, 5) is 23.3. The van der Waals surface area contributed by atoms with Crippen LogP contribution in [0.1, 0.15) is 11.3 Å². The van der Waals surface area contributed by atoms with Crippen LogP contribution in [-0.2, 0) is 11.3 Å². The van der Waals surface area contributed by atoms with Gasteiger partial charge in [0.15, 0.2) is 0 Å². The number of likely N-dealkylation sites (N-methyl/N-ethyl adjacent to an activating group) is 1. The van der Waals surface area contributed by atoms with E-state index in [0.29, 0.717) is 19.0 Å². The second-order valence-corrected chi connectivity index (χ2v) is 5.84. The molecule has 1 amide bonds. The minimum absolute atomic E-state index is 0.0596. The first-order chi connectivity index (χ1) is 11.5. The third-order valence-electron chi connectivity index (χ3n) is 4.06. The topological polar surface area (TPSA) is 77.7 Å². The van der Waals surface area contributed by atoms with Crippen LogP contribution >= 0.6 is 0 Å². The number of carbonyl (C=O) groups is 1. The molecule has 0 unspecified atom stereocenters. The third kappa shape index (κ3) is 3.32. The van der Waals surface area contributed by atoms with E-state index in [1.54, 1.807) is 41.4 Å². The lowest BCUT2D eigenvalue weighted by Crippen LogP contribution is -2.26. The fourth-order valence-corrected chi connectivity index (χ4v) is 2.67. The van der Waals surface area contributed by atoms with Gasteiger partial charge in [-0.25, -0.2) is 4.99 Å². The lowest BCUT2D eigenvalue weighted by atomic mass is 10.1. The Morgan fingerprint density at radius 3 is 3.00 bits per heavy atom. The highest BCUT2D eigenvalue weighted by Gasteiger charge is 2.13. The van der Waals surface area contributed by atoms with Crippen molar-refractivity contribution in [1.29, 1.82) is 0 Å². The molecule has 6 nitrogen and oxygen atoms in total. The van der Waals surface area contributed by atoms with Crippen molar-refractivity contribution in [2.45, 2.75) is 13.5 Å². The van der Waals surface area contributed by atoms with Gasteiger partial charge in [-0.3, -0.25) is 4.79 Å². The second-order valence-electron chi connectivity index (χ2n) is 5.84. The Kier molecular flexibility index (Phi) is 4.37. The number of aromatic amines is 1. The van der Waals surface area contributed by atoms with Gasteiger partial charge in [-0.2, -0.15) is 0 Å². The molecule has 0 radical (unpaired) electrons. The summed E-state index contributed by atoms with van der Waals surface area (Å²) < 4.78 is 0. The molecular weight excluding hydrogens is 302 g/mol. The first-order valence-corrected chi connectivity index (χ1v) is 7.78.